The van der Waals surface area contributed by atoms with Crippen LogP contribution in [0.3, 0.4) is 0 Å². The second kappa shape index (κ2) is 6.57. The molecule has 0 aliphatic carbocycles. The monoisotopic (exact) mass is 248 g/mol. The summed E-state index contributed by atoms with van der Waals surface area (Å²) < 4.78 is 25.4. The fourth-order valence-corrected chi connectivity index (χ4v) is 3.07. The molecule has 0 unspecified atom stereocenters. The Morgan fingerprint density at radius 2 is 1.94 bits per heavy atom. The Labute approximate surface area is 99.5 Å². The zero-order valence-corrected chi connectivity index (χ0v) is 11.2. The number of hydrogen-bond donors (Lipinski definition) is 1. The van der Waals surface area contributed by atoms with E-state index in [1.807, 2.05) is 6.92 Å². The molecule has 0 saturated carbocycles. The Bertz CT molecular complexity index is 282. The number of hydrogen-bond acceptors (Lipinski definition) is 3. The molecule has 0 radical (unpaired) electrons. The SMILES string of the molecule is CCCS(=O)(=O)NCCN1CCC(C)CC1. The number of nitrogens with one attached hydrogen (secondary N) is 1. The normalized spacial score (nSPS) is 20.1. The van der Waals surface area contributed by atoms with Crippen LogP contribution in [0.1, 0.15) is 33.1 Å². The largest absolute Gasteiger partial charge is 0.302 e. The molecule has 1 saturated heterocycles. The topological polar surface area (TPSA) is 49.4 Å². The molecule has 0 aromatic rings. The minimum Gasteiger partial charge on any atom is -0.302 e. The number of nitrogens with zero attached hydrogens (tertiary/aromatic N) is 1. The Morgan fingerprint density at radius 1 is 1.31 bits per heavy atom. The summed E-state index contributed by atoms with van der Waals surface area (Å²) in [5.41, 5.74) is 0. The summed E-state index contributed by atoms with van der Waals surface area (Å²) in [5, 5.41) is 0. The first-order chi connectivity index (χ1) is 7.53. The Kier molecular flexibility index (Phi) is 5.72. The molecule has 0 amide bonds. The van der Waals surface area contributed by atoms with Crippen LogP contribution in [0.15, 0.2) is 0 Å². The van der Waals surface area contributed by atoms with Crippen molar-refractivity contribution in [3.63, 3.8) is 0 Å². The molecular formula is C11H24N2O2S. The Balaban J connectivity index is 2.16. The lowest BCUT2D eigenvalue weighted by Gasteiger charge is -2.30. The van der Waals surface area contributed by atoms with Gasteiger partial charge in [0.2, 0.25) is 10.0 Å². The van der Waals surface area contributed by atoms with Crippen molar-refractivity contribution in [1.29, 1.82) is 0 Å². The van der Waals surface area contributed by atoms with Crippen molar-refractivity contribution in [2.45, 2.75) is 33.1 Å². The highest BCUT2D eigenvalue weighted by Crippen LogP contribution is 2.15. The summed E-state index contributed by atoms with van der Waals surface area (Å²) in [6, 6.07) is 0. The van der Waals surface area contributed by atoms with E-state index in [2.05, 4.69) is 16.5 Å². The Morgan fingerprint density at radius 3 is 2.50 bits per heavy atom. The lowest BCUT2D eigenvalue weighted by molar-refractivity contribution is 0.195. The lowest BCUT2D eigenvalue weighted by Crippen LogP contribution is -2.39. The third kappa shape index (κ3) is 5.27. The van der Waals surface area contributed by atoms with E-state index < -0.39 is 10.0 Å². The molecule has 1 rings (SSSR count). The molecule has 0 atom stereocenters. The summed E-state index contributed by atoms with van der Waals surface area (Å²) >= 11 is 0. The van der Waals surface area contributed by atoms with E-state index in [9.17, 15) is 8.42 Å². The molecule has 5 heteroatoms. The van der Waals surface area contributed by atoms with Crippen LogP contribution in [-0.4, -0.2) is 45.2 Å². The molecule has 0 spiro atoms. The van der Waals surface area contributed by atoms with Crippen LogP contribution in [-0.2, 0) is 10.0 Å². The maximum Gasteiger partial charge on any atom is 0.211 e. The lowest BCUT2D eigenvalue weighted by atomic mass is 9.99. The summed E-state index contributed by atoms with van der Waals surface area (Å²) in [7, 11) is -3.02. The molecular weight excluding hydrogens is 224 g/mol. The van der Waals surface area contributed by atoms with Crippen molar-refractivity contribution in [3.8, 4) is 0 Å². The van der Waals surface area contributed by atoms with Crippen LogP contribution in [0, 0.1) is 5.92 Å². The molecule has 16 heavy (non-hydrogen) atoms. The third-order valence-corrected chi connectivity index (χ3v) is 4.69. The molecule has 0 aromatic carbocycles. The van der Waals surface area contributed by atoms with Gasteiger partial charge in [0.05, 0.1) is 5.75 Å². The predicted molar refractivity (Wildman–Crippen MR) is 66.9 cm³/mol. The summed E-state index contributed by atoms with van der Waals surface area (Å²) in [6.07, 6.45) is 3.15. The average Bonchev–Trinajstić information content (AvgIpc) is 2.20. The van der Waals surface area contributed by atoms with Gasteiger partial charge in [-0.2, -0.15) is 0 Å². The fourth-order valence-electron chi connectivity index (χ4n) is 1.99. The maximum absolute atomic E-state index is 11.4. The van der Waals surface area contributed by atoms with Gasteiger partial charge in [-0.05, 0) is 38.3 Å². The minimum atomic E-state index is -3.02. The van der Waals surface area contributed by atoms with Gasteiger partial charge in [-0.1, -0.05) is 13.8 Å². The van der Waals surface area contributed by atoms with Crippen LogP contribution in [0.2, 0.25) is 0 Å². The minimum absolute atomic E-state index is 0.240. The van der Waals surface area contributed by atoms with E-state index in [1.165, 1.54) is 12.8 Å². The van der Waals surface area contributed by atoms with Crippen molar-refractivity contribution >= 4 is 10.0 Å². The quantitative estimate of drug-likeness (QED) is 0.764. The first-order valence-electron chi connectivity index (χ1n) is 6.23. The van der Waals surface area contributed by atoms with Crippen molar-refractivity contribution in [2.75, 3.05) is 31.9 Å². The van der Waals surface area contributed by atoms with E-state index in [0.717, 1.165) is 25.6 Å². The maximum atomic E-state index is 11.4. The van der Waals surface area contributed by atoms with Crippen LogP contribution in [0.4, 0.5) is 0 Å². The zero-order chi connectivity index (χ0) is 12.0. The predicted octanol–water partition coefficient (Wildman–Crippen LogP) is 1.05. The van der Waals surface area contributed by atoms with E-state index in [4.69, 9.17) is 0 Å². The first-order valence-corrected chi connectivity index (χ1v) is 7.88. The fraction of sp³-hybridized carbons (Fsp3) is 1.00. The summed E-state index contributed by atoms with van der Waals surface area (Å²) in [4.78, 5) is 2.34. The van der Waals surface area contributed by atoms with Crippen molar-refractivity contribution in [2.24, 2.45) is 5.92 Å². The average molecular weight is 248 g/mol. The van der Waals surface area contributed by atoms with Crippen molar-refractivity contribution in [3.05, 3.63) is 0 Å². The van der Waals surface area contributed by atoms with E-state index in [1.54, 1.807) is 0 Å². The van der Waals surface area contributed by atoms with Crippen LogP contribution in [0.5, 0.6) is 0 Å². The summed E-state index contributed by atoms with van der Waals surface area (Å²) in [5.74, 6) is 1.07. The van der Waals surface area contributed by atoms with Gasteiger partial charge in [-0.25, -0.2) is 13.1 Å². The number of likely N-dealkylation sites (tertiary alicyclic amines) is 1. The highest BCUT2D eigenvalue weighted by Gasteiger charge is 2.15. The van der Waals surface area contributed by atoms with E-state index >= 15 is 0 Å². The van der Waals surface area contributed by atoms with Gasteiger partial charge in [-0.3, -0.25) is 0 Å². The van der Waals surface area contributed by atoms with Gasteiger partial charge in [0.25, 0.3) is 0 Å². The second-order valence-electron chi connectivity index (χ2n) is 4.74. The van der Waals surface area contributed by atoms with Gasteiger partial charge >= 0.3 is 0 Å². The number of piperidine rings is 1. The third-order valence-electron chi connectivity index (χ3n) is 3.10. The molecule has 1 fully saturated rings. The van der Waals surface area contributed by atoms with Crippen LogP contribution < -0.4 is 4.72 Å². The van der Waals surface area contributed by atoms with Gasteiger partial charge < -0.3 is 4.90 Å². The Hall–Kier alpha value is -0.130. The van der Waals surface area contributed by atoms with Crippen LogP contribution in [0.25, 0.3) is 0 Å². The zero-order valence-electron chi connectivity index (χ0n) is 10.4. The molecule has 0 aromatic heterocycles. The first kappa shape index (κ1) is 13.9. The molecule has 1 heterocycles. The number of sulfonamides is 1. The van der Waals surface area contributed by atoms with Gasteiger partial charge in [0.15, 0.2) is 0 Å². The van der Waals surface area contributed by atoms with Gasteiger partial charge in [0.1, 0.15) is 0 Å². The molecule has 4 nitrogen and oxygen atoms in total. The highest BCUT2D eigenvalue weighted by molar-refractivity contribution is 7.89. The smallest absolute Gasteiger partial charge is 0.211 e. The van der Waals surface area contributed by atoms with E-state index in [-0.39, 0.29) is 5.75 Å². The number of rotatable bonds is 6. The standard InChI is InChI=1S/C11H24N2O2S/c1-3-10-16(14,15)12-6-9-13-7-4-11(2)5-8-13/h11-12H,3-10H2,1-2H3. The van der Waals surface area contributed by atoms with Gasteiger partial charge in [-0.15, -0.1) is 0 Å². The highest BCUT2D eigenvalue weighted by atomic mass is 32.2. The molecule has 0 bridgehead atoms. The summed E-state index contributed by atoms with van der Waals surface area (Å²) in [6.45, 7) is 7.77. The van der Waals surface area contributed by atoms with Crippen molar-refractivity contribution in [1.82, 2.24) is 9.62 Å². The molecule has 96 valence electrons. The molecule has 1 N–H and O–H groups in total. The van der Waals surface area contributed by atoms with Crippen LogP contribution >= 0.6 is 0 Å². The molecule has 1 aliphatic heterocycles. The van der Waals surface area contributed by atoms with Gasteiger partial charge in [0, 0.05) is 13.1 Å². The second-order valence-corrected chi connectivity index (χ2v) is 6.66. The van der Waals surface area contributed by atoms with E-state index in [0.29, 0.717) is 13.0 Å². The van der Waals surface area contributed by atoms with Crippen molar-refractivity contribution < 1.29 is 8.42 Å². The molecule has 1 aliphatic rings.